The zero-order valence-corrected chi connectivity index (χ0v) is 13.7. The van der Waals surface area contributed by atoms with Crippen molar-refractivity contribution in [3.8, 4) is 0 Å². The second kappa shape index (κ2) is 7.11. The molecule has 1 aliphatic rings. The summed E-state index contributed by atoms with van der Waals surface area (Å²) in [6.07, 6.45) is 0.448. The zero-order valence-electron chi connectivity index (χ0n) is 12.1. The number of benzene rings is 1. The number of carbonyl (C=O) groups is 2. The van der Waals surface area contributed by atoms with Crippen LogP contribution in [0.4, 0.5) is 0 Å². The van der Waals surface area contributed by atoms with Crippen LogP contribution < -0.4 is 0 Å². The predicted octanol–water partition coefficient (Wildman–Crippen LogP) is 1.45. The first-order chi connectivity index (χ1) is 9.85. The van der Waals surface area contributed by atoms with Gasteiger partial charge in [-0.15, -0.1) is 12.4 Å². The summed E-state index contributed by atoms with van der Waals surface area (Å²) in [5, 5.41) is 8.93. The van der Waals surface area contributed by atoms with Gasteiger partial charge in [-0.05, 0) is 30.7 Å². The first-order valence-corrected chi connectivity index (χ1v) is 8.35. The van der Waals surface area contributed by atoms with Crippen LogP contribution in [-0.4, -0.2) is 49.1 Å². The molecule has 0 aliphatic carbocycles. The highest BCUT2D eigenvalue weighted by Gasteiger charge is 2.31. The third-order valence-electron chi connectivity index (χ3n) is 3.67. The van der Waals surface area contributed by atoms with Gasteiger partial charge in [0.05, 0.1) is 16.6 Å². The molecule has 0 bridgehead atoms. The minimum Gasteiger partial charge on any atom is -0.481 e. The van der Waals surface area contributed by atoms with E-state index in [1.165, 1.54) is 29.2 Å². The highest BCUT2D eigenvalue weighted by Crippen LogP contribution is 2.20. The Bertz CT molecular complexity index is 656. The average molecular weight is 348 g/mol. The van der Waals surface area contributed by atoms with Crippen LogP contribution >= 0.6 is 12.4 Å². The fourth-order valence-electron chi connectivity index (χ4n) is 2.30. The van der Waals surface area contributed by atoms with E-state index in [-0.39, 0.29) is 35.5 Å². The normalized spacial score (nSPS) is 17.9. The Morgan fingerprint density at radius 2 is 1.86 bits per heavy atom. The van der Waals surface area contributed by atoms with E-state index in [4.69, 9.17) is 5.11 Å². The molecule has 1 heterocycles. The van der Waals surface area contributed by atoms with Crippen LogP contribution in [0.1, 0.15) is 23.7 Å². The van der Waals surface area contributed by atoms with Crippen LogP contribution in [0.5, 0.6) is 0 Å². The van der Waals surface area contributed by atoms with E-state index in [2.05, 4.69) is 0 Å². The van der Waals surface area contributed by atoms with Gasteiger partial charge in [-0.2, -0.15) is 0 Å². The molecule has 2 rings (SSSR count). The van der Waals surface area contributed by atoms with Gasteiger partial charge >= 0.3 is 5.97 Å². The standard InChI is InChI=1S/C14H17NO5S.ClH/c1-2-21(19,20)12-5-3-10(4-6-12)13(16)15-8-7-11(9-15)14(17)18;/h3-6,11H,2,7-9H2,1H3,(H,17,18);1H. The van der Waals surface area contributed by atoms with E-state index in [0.29, 0.717) is 18.5 Å². The molecule has 1 N–H and O–H groups in total. The Labute approximate surface area is 135 Å². The molecule has 1 aromatic carbocycles. The average Bonchev–Trinajstić information content (AvgIpc) is 2.96. The molecular formula is C14H18ClNO5S. The second-order valence-corrected chi connectivity index (χ2v) is 7.28. The van der Waals surface area contributed by atoms with Crippen LogP contribution in [0.15, 0.2) is 29.2 Å². The SMILES string of the molecule is CCS(=O)(=O)c1ccc(C(=O)N2CCC(C(=O)O)C2)cc1.Cl. The summed E-state index contributed by atoms with van der Waals surface area (Å²) in [5.74, 6) is -1.67. The first kappa shape index (κ1) is 18.4. The summed E-state index contributed by atoms with van der Waals surface area (Å²) in [6, 6.07) is 5.77. The van der Waals surface area contributed by atoms with Crippen molar-refractivity contribution < 1.29 is 23.1 Å². The minimum absolute atomic E-state index is 0. The molecule has 1 fully saturated rings. The van der Waals surface area contributed by atoms with Crippen molar-refractivity contribution in [3.63, 3.8) is 0 Å². The van der Waals surface area contributed by atoms with E-state index < -0.39 is 21.7 Å². The van der Waals surface area contributed by atoms with Crippen molar-refractivity contribution in [2.45, 2.75) is 18.2 Å². The molecule has 1 unspecified atom stereocenters. The lowest BCUT2D eigenvalue weighted by atomic mass is 10.1. The van der Waals surface area contributed by atoms with Gasteiger partial charge in [0.15, 0.2) is 9.84 Å². The topological polar surface area (TPSA) is 91.8 Å². The molecule has 1 aliphatic heterocycles. The molecule has 22 heavy (non-hydrogen) atoms. The number of rotatable bonds is 4. The number of carbonyl (C=O) groups excluding carboxylic acids is 1. The van der Waals surface area contributed by atoms with E-state index in [9.17, 15) is 18.0 Å². The van der Waals surface area contributed by atoms with E-state index in [0.717, 1.165) is 0 Å². The lowest BCUT2D eigenvalue weighted by Gasteiger charge is -2.16. The number of hydrogen-bond donors (Lipinski definition) is 1. The molecule has 8 heteroatoms. The highest BCUT2D eigenvalue weighted by atomic mass is 35.5. The molecule has 0 radical (unpaired) electrons. The van der Waals surface area contributed by atoms with Gasteiger partial charge in [0.2, 0.25) is 0 Å². The molecule has 122 valence electrons. The van der Waals surface area contributed by atoms with E-state index >= 15 is 0 Å². The largest absolute Gasteiger partial charge is 0.481 e. The number of carboxylic acids is 1. The van der Waals surface area contributed by atoms with Crippen molar-refractivity contribution in [3.05, 3.63) is 29.8 Å². The molecule has 6 nitrogen and oxygen atoms in total. The summed E-state index contributed by atoms with van der Waals surface area (Å²) in [6.45, 7) is 2.17. The van der Waals surface area contributed by atoms with Crippen molar-refractivity contribution in [1.82, 2.24) is 4.90 Å². The number of sulfone groups is 1. The summed E-state index contributed by atoms with van der Waals surface area (Å²) in [7, 11) is -3.28. The predicted molar refractivity (Wildman–Crippen MR) is 83.1 cm³/mol. The van der Waals surface area contributed by atoms with Crippen molar-refractivity contribution in [2.75, 3.05) is 18.8 Å². The second-order valence-electron chi connectivity index (χ2n) is 5.00. The number of aliphatic carboxylic acids is 1. The van der Waals surface area contributed by atoms with Crippen molar-refractivity contribution in [2.24, 2.45) is 5.92 Å². The Kier molecular flexibility index (Phi) is 5.96. The number of likely N-dealkylation sites (tertiary alicyclic amines) is 1. The van der Waals surface area contributed by atoms with Gasteiger partial charge in [0.25, 0.3) is 5.91 Å². The van der Waals surface area contributed by atoms with Gasteiger partial charge in [0, 0.05) is 18.7 Å². The Balaban J connectivity index is 0.00000242. The third-order valence-corrected chi connectivity index (χ3v) is 5.42. The Morgan fingerprint density at radius 3 is 2.32 bits per heavy atom. The number of halogens is 1. The van der Waals surface area contributed by atoms with Gasteiger partial charge in [-0.25, -0.2) is 8.42 Å². The molecule has 0 spiro atoms. The summed E-state index contributed by atoms with van der Waals surface area (Å²) in [4.78, 5) is 24.8. The smallest absolute Gasteiger partial charge is 0.308 e. The quantitative estimate of drug-likeness (QED) is 0.890. The van der Waals surface area contributed by atoms with Crippen LogP contribution in [0.3, 0.4) is 0 Å². The van der Waals surface area contributed by atoms with E-state index in [1.54, 1.807) is 6.92 Å². The third kappa shape index (κ3) is 3.78. The maximum atomic E-state index is 12.2. The number of carboxylic acid groups (broad SMARTS) is 1. The molecule has 1 aromatic rings. The fourth-order valence-corrected chi connectivity index (χ4v) is 3.18. The van der Waals surface area contributed by atoms with Gasteiger partial charge in [-0.1, -0.05) is 6.92 Å². The summed E-state index contributed by atoms with van der Waals surface area (Å²) >= 11 is 0. The minimum atomic E-state index is -3.28. The number of nitrogens with zero attached hydrogens (tertiary/aromatic N) is 1. The lowest BCUT2D eigenvalue weighted by Crippen LogP contribution is -2.29. The van der Waals surface area contributed by atoms with Crippen LogP contribution in [-0.2, 0) is 14.6 Å². The molecule has 0 saturated carbocycles. The monoisotopic (exact) mass is 347 g/mol. The highest BCUT2D eigenvalue weighted by molar-refractivity contribution is 7.91. The van der Waals surface area contributed by atoms with E-state index in [1.807, 2.05) is 0 Å². The molecule has 1 amide bonds. The van der Waals surface area contributed by atoms with Crippen molar-refractivity contribution in [1.29, 1.82) is 0 Å². The zero-order chi connectivity index (χ0) is 15.6. The van der Waals surface area contributed by atoms with Crippen molar-refractivity contribution >= 4 is 34.1 Å². The van der Waals surface area contributed by atoms with Gasteiger partial charge in [-0.3, -0.25) is 9.59 Å². The Hall–Kier alpha value is -1.60. The first-order valence-electron chi connectivity index (χ1n) is 6.70. The number of hydrogen-bond acceptors (Lipinski definition) is 4. The molecular weight excluding hydrogens is 330 g/mol. The molecule has 0 aromatic heterocycles. The molecule has 1 atom stereocenters. The maximum Gasteiger partial charge on any atom is 0.308 e. The fraction of sp³-hybridized carbons (Fsp3) is 0.429. The summed E-state index contributed by atoms with van der Waals surface area (Å²) < 4.78 is 23.4. The van der Waals surface area contributed by atoms with Gasteiger partial charge in [0.1, 0.15) is 0 Å². The van der Waals surface area contributed by atoms with Crippen LogP contribution in [0.25, 0.3) is 0 Å². The van der Waals surface area contributed by atoms with Crippen LogP contribution in [0.2, 0.25) is 0 Å². The summed E-state index contributed by atoms with van der Waals surface area (Å²) in [5.41, 5.74) is 0.371. The lowest BCUT2D eigenvalue weighted by molar-refractivity contribution is -0.141. The Morgan fingerprint density at radius 1 is 1.27 bits per heavy atom. The number of amides is 1. The van der Waals surface area contributed by atoms with Crippen LogP contribution in [0, 0.1) is 5.92 Å². The molecule has 1 saturated heterocycles. The maximum absolute atomic E-state index is 12.2. The van der Waals surface area contributed by atoms with Gasteiger partial charge < -0.3 is 10.0 Å².